The van der Waals surface area contributed by atoms with Gasteiger partial charge < -0.3 is 0 Å². The molecule has 112 valence electrons. The molecule has 0 radical (unpaired) electrons. The van der Waals surface area contributed by atoms with E-state index in [1.807, 2.05) is 0 Å². The summed E-state index contributed by atoms with van der Waals surface area (Å²) in [6, 6.07) is 6.86. The van der Waals surface area contributed by atoms with Crippen molar-refractivity contribution in [3.63, 3.8) is 0 Å². The SMILES string of the molecule is FC(F)c1cccc(-c2ccc(Cl)cc2Cl)c1C(F)(F)F. The Morgan fingerprint density at radius 2 is 1.57 bits per heavy atom. The lowest BCUT2D eigenvalue weighted by Crippen LogP contribution is -2.11. The highest BCUT2D eigenvalue weighted by molar-refractivity contribution is 6.36. The number of benzene rings is 2. The molecule has 0 nitrogen and oxygen atoms in total. The average Bonchev–Trinajstić information content (AvgIpc) is 2.36. The van der Waals surface area contributed by atoms with Crippen LogP contribution in [0.15, 0.2) is 36.4 Å². The molecule has 2 rings (SSSR count). The molecule has 0 atom stereocenters. The average molecular weight is 341 g/mol. The highest BCUT2D eigenvalue weighted by Crippen LogP contribution is 2.44. The Balaban J connectivity index is 2.77. The third-order valence-corrected chi connectivity index (χ3v) is 3.38. The van der Waals surface area contributed by atoms with Crippen LogP contribution in [0.5, 0.6) is 0 Å². The third-order valence-electron chi connectivity index (χ3n) is 2.84. The van der Waals surface area contributed by atoms with Gasteiger partial charge in [0.2, 0.25) is 0 Å². The van der Waals surface area contributed by atoms with E-state index in [0.29, 0.717) is 0 Å². The number of halogens is 7. The molecule has 0 bridgehead atoms. The number of hydrogen-bond acceptors (Lipinski definition) is 0. The smallest absolute Gasteiger partial charge is 0.205 e. The first kappa shape index (κ1) is 16.0. The molecule has 2 aromatic carbocycles. The molecule has 0 amide bonds. The molecule has 2 aromatic rings. The van der Waals surface area contributed by atoms with Gasteiger partial charge in [0, 0.05) is 21.2 Å². The van der Waals surface area contributed by atoms with Gasteiger partial charge in [0.1, 0.15) is 0 Å². The molecule has 0 fully saturated rings. The maximum atomic E-state index is 13.2. The highest BCUT2D eigenvalue weighted by atomic mass is 35.5. The van der Waals surface area contributed by atoms with E-state index in [9.17, 15) is 22.0 Å². The van der Waals surface area contributed by atoms with Gasteiger partial charge in [-0.3, -0.25) is 0 Å². The second kappa shape index (κ2) is 5.81. The van der Waals surface area contributed by atoms with Crippen LogP contribution < -0.4 is 0 Å². The fourth-order valence-corrected chi connectivity index (χ4v) is 2.51. The Labute approximate surface area is 127 Å². The quantitative estimate of drug-likeness (QED) is 0.539. The summed E-state index contributed by atoms with van der Waals surface area (Å²) in [6.45, 7) is 0. The first-order valence-electron chi connectivity index (χ1n) is 5.65. The van der Waals surface area contributed by atoms with Crippen molar-refractivity contribution in [1.29, 1.82) is 0 Å². The molecular formula is C14H7Cl2F5. The lowest BCUT2D eigenvalue weighted by molar-refractivity contribution is -0.139. The van der Waals surface area contributed by atoms with Crippen molar-refractivity contribution in [2.75, 3.05) is 0 Å². The van der Waals surface area contributed by atoms with Gasteiger partial charge in [0.25, 0.3) is 6.43 Å². The summed E-state index contributed by atoms with van der Waals surface area (Å²) in [4.78, 5) is 0. The van der Waals surface area contributed by atoms with Crippen LogP contribution in [0, 0.1) is 0 Å². The summed E-state index contributed by atoms with van der Waals surface area (Å²) in [7, 11) is 0. The Kier molecular flexibility index (Phi) is 4.44. The van der Waals surface area contributed by atoms with E-state index in [0.717, 1.165) is 18.2 Å². The van der Waals surface area contributed by atoms with E-state index in [2.05, 4.69) is 0 Å². The summed E-state index contributed by atoms with van der Waals surface area (Å²) in [5.74, 6) is 0. The van der Waals surface area contributed by atoms with Crippen molar-refractivity contribution in [1.82, 2.24) is 0 Å². The van der Waals surface area contributed by atoms with Gasteiger partial charge in [0.05, 0.1) is 5.56 Å². The summed E-state index contributed by atoms with van der Waals surface area (Å²) >= 11 is 11.6. The lowest BCUT2D eigenvalue weighted by Gasteiger charge is -2.18. The molecule has 0 aliphatic rings. The molecule has 0 heterocycles. The van der Waals surface area contributed by atoms with Crippen molar-refractivity contribution >= 4 is 23.2 Å². The lowest BCUT2D eigenvalue weighted by atomic mass is 9.95. The van der Waals surface area contributed by atoms with Crippen LogP contribution in [-0.4, -0.2) is 0 Å². The van der Waals surface area contributed by atoms with Gasteiger partial charge in [-0.2, -0.15) is 13.2 Å². The van der Waals surface area contributed by atoms with Gasteiger partial charge in [-0.15, -0.1) is 0 Å². The molecule has 0 N–H and O–H groups in total. The van der Waals surface area contributed by atoms with E-state index in [1.165, 1.54) is 18.2 Å². The minimum absolute atomic E-state index is 0.00380. The van der Waals surface area contributed by atoms with Crippen LogP contribution in [-0.2, 0) is 6.18 Å². The third kappa shape index (κ3) is 3.30. The van der Waals surface area contributed by atoms with Crippen LogP contribution in [0.1, 0.15) is 17.6 Å². The maximum Gasteiger partial charge on any atom is 0.417 e. The second-order valence-corrected chi connectivity index (χ2v) is 5.04. The zero-order valence-electron chi connectivity index (χ0n) is 10.2. The topological polar surface area (TPSA) is 0 Å². The van der Waals surface area contributed by atoms with Crippen molar-refractivity contribution in [2.45, 2.75) is 12.6 Å². The zero-order chi connectivity index (χ0) is 15.8. The first-order valence-corrected chi connectivity index (χ1v) is 6.41. The fourth-order valence-electron chi connectivity index (χ4n) is 2.00. The van der Waals surface area contributed by atoms with Crippen LogP contribution in [0.4, 0.5) is 22.0 Å². The highest BCUT2D eigenvalue weighted by Gasteiger charge is 2.38. The number of rotatable bonds is 2. The summed E-state index contributed by atoms with van der Waals surface area (Å²) in [5.41, 5.74) is -2.87. The van der Waals surface area contributed by atoms with E-state index >= 15 is 0 Å². The molecule has 0 unspecified atom stereocenters. The molecule has 0 aliphatic carbocycles. The molecule has 0 saturated heterocycles. The predicted octanol–water partition coefficient (Wildman–Crippen LogP) is 6.62. The van der Waals surface area contributed by atoms with E-state index in [4.69, 9.17) is 23.2 Å². The summed E-state index contributed by atoms with van der Waals surface area (Å²) in [6.07, 6.45) is -8.17. The predicted molar refractivity (Wildman–Crippen MR) is 71.9 cm³/mol. The largest absolute Gasteiger partial charge is 0.417 e. The van der Waals surface area contributed by atoms with E-state index in [1.54, 1.807) is 0 Å². The summed E-state index contributed by atoms with van der Waals surface area (Å²) in [5, 5.41) is 0.196. The van der Waals surface area contributed by atoms with Gasteiger partial charge in [0.15, 0.2) is 0 Å². The van der Waals surface area contributed by atoms with Crippen molar-refractivity contribution in [2.24, 2.45) is 0 Å². The van der Waals surface area contributed by atoms with Crippen molar-refractivity contribution < 1.29 is 22.0 Å². The van der Waals surface area contributed by atoms with E-state index in [-0.39, 0.29) is 15.6 Å². The molecule has 21 heavy (non-hydrogen) atoms. The maximum absolute atomic E-state index is 13.2. The molecule has 0 spiro atoms. The van der Waals surface area contributed by atoms with Crippen LogP contribution >= 0.6 is 23.2 Å². The Morgan fingerprint density at radius 3 is 2.10 bits per heavy atom. The minimum Gasteiger partial charge on any atom is -0.205 e. The normalized spacial score (nSPS) is 12.0. The monoisotopic (exact) mass is 340 g/mol. The van der Waals surface area contributed by atoms with Crippen molar-refractivity contribution in [3.05, 3.63) is 57.6 Å². The minimum atomic E-state index is -4.93. The Bertz CT molecular complexity index is 665. The van der Waals surface area contributed by atoms with Gasteiger partial charge in [-0.05, 0) is 17.7 Å². The van der Waals surface area contributed by atoms with Crippen LogP contribution in [0.2, 0.25) is 10.0 Å². The zero-order valence-corrected chi connectivity index (χ0v) is 11.7. The van der Waals surface area contributed by atoms with Crippen LogP contribution in [0.3, 0.4) is 0 Å². The van der Waals surface area contributed by atoms with Gasteiger partial charge in [-0.1, -0.05) is 47.5 Å². The van der Waals surface area contributed by atoms with E-state index < -0.39 is 29.3 Å². The molecule has 0 aliphatic heterocycles. The first-order chi connectivity index (χ1) is 9.71. The van der Waals surface area contributed by atoms with Crippen LogP contribution in [0.25, 0.3) is 11.1 Å². The molecule has 0 aromatic heterocycles. The van der Waals surface area contributed by atoms with Gasteiger partial charge >= 0.3 is 6.18 Å². The number of hydrogen-bond donors (Lipinski definition) is 0. The number of alkyl halides is 5. The molecule has 7 heteroatoms. The summed E-state index contributed by atoms with van der Waals surface area (Å²) < 4.78 is 65.2. The molecular weight excluding hydrogens is 334 g/mol. The van der Waals surface area contributed by atoms with Gasteiger partial charge in [-0.25, -0.2) is 8.78 Å². The standard InChI is InChI=1S/C14H7Cl2F5/c15-7-4-5-8(11(16)6-7)9-2-1-3-10(13(17)18)12(9)14(19,20)21/h1-6,13H. The Morgan fingerprint density at radius 1 is 0.905 bits per heavy atom. The second-order valence-electron chi connectivity index (χ2n) is 4.19. The fraction of sp³-hybridized carbons (Fsp3) is 0.143. The van der Waals surface area contributed by atoms with Crippen molar-refractivity contribution in [3.8, 4) is 11.1 Å². The Hall–Kier alpha value is -1.33. The molecule has 0 saturated carbocycles.